The lowest BCUT2D eigenvalue weighted by Crippen LogP contribution is -2.46. The number of nitrogens with one attached hydrogen (secondary N) is 1. The number of pyridine rings is 1. The van der Waals surface area contributed by atoms with Crippen molar-refractivity contribution in [3.63, 3.8) is 0 Å². The quantitative estimate of drug-likeness (QED) is 0.181. The Bertz CT molecular complexity index is 2290. The van der Waals surface area contributed by atoms with Gasteiger partial charge in [-0.3, -0.25) is 19.1 Å². The summed E-state index contributed by atoms with van der Waals surface area (Å²) in [4.78, 5) is 50.2. The van der Waals surface area contributed by atoms with E-state index in [1.807, 2.05) is 86.7 Å². The van der Waals surface area contributed by atoms with Crippen LogP contribution < -0.4 is 9.46 Å². The lowest BCUT2D eigenvalue weighted by molar-refractivity contribution is -0.142. The highest BCUT2D eigenvalue weighted by molar-refractivity contribution is 7.90. The molecule has 1 N–H and O–H groups in total. The fraction of sp³-hybridized carbons (Fsp3) is 0.435. The molecule has 3 heterocycles. The third kappa shape index (κ3) is 8.17. The summed E-state index contributed by atoms with van der Waals surface area (Å²) in [6.45, 7) is 4.29. The van der Waals surface area contributed by atoms with E-state index in [0.29, 0.717) is 37.9 Å². The highest BCUT2D eigenvalue weighted by atomic mass is 32.2. The average Bonchev–Trinajstić information content (AvgIpc) is 4.10. The molecule has 0 unspecified atom stereocenters. The Labute approximate surface area is 330 Å². The number of rotatable bonds is 8. The first-order valence-electron chi connectivity index (χ1n) is 20.2. The van der Waals surface area contributed by atoms with Crippen molar-refractivity contribution in [1.29, 1.82) is 0 Å². The zero-order chi connectivity index (χ0) is 39.0. The maximum atomic E-state index is 14.9. The summed E-state index contributed by atoms with van der Waals surface area (Å²) in [7, 11) is -3.81. The number of carbonyl (C=O) groups excluding carboxylic acids is 3. The lowest BCUT2D eigenvalue weighted by Gasteiger charge is -2.29. The fourth-order valence-electron chi connectivity index (χ4n) is 8.78. The molecule has 8 rings (SSSR count). The largest absolute Gasteiger partial charge is 0.488 e. The van der Waals surface area contributed by atoms with Crippen LogP contribution in [-0.2, 0) is 30.8 Å². The van der Waals surface area contributed by atoms with E-state index >= 15 is 0 Å². The van der Waals surface area contributed by atoms with Gasteiger partial charge in [-0.2, -0.15) is 0 Å². The standard InChI is InChI=1S/C46H51N3O6S/c1-30-12-11-13-32(22-30)24-34-16-7-4-3-5-10-17-35-27-46(35,45(52)48-56(53,54)37-19-20-37)28-42(50)41-25-36(29-49(41)44(34)51)55-43-26-39(33-14-8-6-9-15-33)47-40-23-31(2)18-21-38(40)43/h6,8-15,17-18,21-23,26,34-37,41H,3-5,7,16,19-20,24-25,27-29H2,1-2H3,(H,48,52)/b17-10-/t34-,35-,36-,41+,46-/m1/s1. The number of ether oxygens (including phenoxy) is 1. The van der Waals surface area contributed by atoms with Gasteiger partial charge in [-0.05, 0) is 88.0 Å². The maximum Gasteiger partial charge on any atom is 0.240 e. The Morgan fingerprint density at radius 1 is 0.929 bits per heavy atom. The zero-order valence-corrected chi connectivity index (χ0v) is 33.1. The minimum Gasteiger partial charge on any atom is -0.488 e. The Balaban J connectivity index is 1.14. The number of nitrogens with zero attached hydrogens (tertiary/aromatic N) is 2. The van der Waals surface area contributed by atoms with E-state index in [0.717, 1.165) is 64.5 Å². The van der Waals surface area contributed by atoms with E-state index in [-0.39, 0.29) is 42.9 Å². The van der Waals surface area contributed by atoms with Crippen LogP contribution in [0.1, 0.15) is 80.9 Å². The van der Waals surface area contributed by atoms with E-state index in [9.17, 15) is 22.8 Å². The molecule has 0 radical (unpaired) electrons. The summed E-state index contributed by atoms with van der Waals surface area (Å²) in [5, 5.41) is 0.283. The van der Waals surface area contributed by atoms with Gasteiger partial charge in [-0.15, -0.1) is 0 Å². The molecule has 4 aromatic rings. The Kier molecular flexibility index (Phi) is 10.6. The van der Waals surface area contributed by atoms with Crippen LogP contribution in [0.2, 0.25) is 0 Å². The van der Waals surface area contributed by atoms with Gasteiger partial charge in [0.05, 0.1) is 34.5 Å². The van der Waals surface area contributed by atoms with Crippen molar-refractivity contribution in [3.05, 3.63) is 108 Å². The van der Waals surface area contributed by atoms with Crippen molar-refractivity contribution in [2.45, 2.75) is 102 Å². The van der Waals surface area contributed by atoms with Crippen LogP contribution in [0, 0.1) is 31.1 Å². The summed E-state index contributed by atoms with van der Waals surface area (Å²) in [5.41, 5.74) is 4.61. The van der Waals surface area contributed by atoms with Gasteiger partial charge in [0.15, 0.2) is 5.78 Å². The zero-order valence-electron chi connectivity index (χ0n) is 32.3. The molecule has 3 aromatic carbocycles. The normalized spacial score (nSPS) is 26.4. The molecule has 2 aliphatic carbocycles. The molecule has 2 aliphatic heterocycles. The van der Waals surface area contributed by atoms with Gasteiger partial charge in [0.1, 0.15) is 11.9 Å². The van der Waals surface area contributed by atoms with Gasteiger partial charge in [-0.25, -0.2) is 13.4 Å². The van der Waals surface area contributed by atoms with Gasteiger partial charge in [0, 0.05) is 35.8 Å². The molecule has 0 bridgehead atoms. The van der Waals surface area contributed by atoms with Crippen LogP contribution in [0.4, 0.5) is 0 Å². The highest BCUT2D eigenvalue weighted by Crippen LogP contribution is 2.57. The topological polar surface area (TPSA) is 123 Å². The third-order valence-electron chi connectivity index (χ3n) is 12.2. The van der Waals surface area contributed by atoms with Crippen molar-refractivity contribution >= 4 is 38.5 Å². The number of allylic oxidation sites excluding steroid dienone is 2. The lowest BCUT2D eigenvalue weighted by atomic mass is 9.89. The molecule has 2 amide bonds. The number of carbonyl (C=O) groups is 3. The number of aromatic nitrogens is 1. The van der Waals surface area contributed by atoms with Gasteiger partial charge in [0.25, 0.3) is 0 Å². The molecule has 2 saturated carbocycles. The van der Waals surface area contributed by atoms with Crippen molar-refractivity contribution in [3.8, 4) is 17.0 Å². The minimum atomic E-state index is -3.81. The van der Waals surface area contributed by atoms with E-state index in [1.54, 1.807) is 4.90 Å². The molecule has 1 aromatic heterocycles. The number of ketones is 1. The first-order valence-corrected chi connectivity index (χ1v) is 21.8. The second kappa shape index (κ2) is 15.6. The van der Waals surface area contributed by atoms with Crippen molar-refractivity contribution in [2.75, 3.05) is 6.54 Å². The highest BCUT2D eigenvalue weighted by Gasteiger charge is 2.61. The fourth-order valence-corrected chi connectivity index (χ4v) is 10.2. The second-order valence-corrected chi connectivity index (χ2v) is 18.6. The predicted molar refractivity (Wildman–Crippen MR) is 217 cm³/mol. The van der Waals surface area contributed by atoms with E-state index in [2.05, 4.69) is 22.9 Å². The molecule has 9 nitrogen and oxygen atoms in total. The van der Waals surface area contributed by atoms with Gasteiger partial charge in [-0.1, -0.05) is 91.2 Å². The van der Waals surface area contributed by atoms with Crippen molar-refractivity contribution in [1.82, 2.24) is 14.6 Å². The van der Waals surface area contributed by atoms with Crippen LogP contribution in [0.25, 0.3) is 22.2 Å². The van der Waals surface area contributed by atoms with Crippen molar-refractivity contribution < 1.29 is 27.5 Å². The van der Waals surface area contributed by atoms with Crippen LogP contribution in [0.15, 0.2) is 91.0 Å². The molecular weight excluding hydrogens is 723 g/mol. The van der Waals surface area contributed by atoms with Crippen LogP contribution in [0.5, 0.6) is 5.75 Å². The summed E-state index contributed by atoms with van der Waals surface area (Å²) >= 11 is 0. The maximum absolute atomic E-state index is 14.9. The molecular formula is C46H51N3O6S. The summed E-state index contributed by atoms with van der Waals surface area (Å²) in [5.74, 6) is -0.873. The molecule has 56 heavy (non-hydrogen) atoms. The van der Waals surface area contributed by atoms with Gasteiger partial charge < -0.3 is 9.64 Å². The number of fused-ring (bicyclic) bond motifs is 3. The van der Waals surface area contributed by atoms with E-state index in [1.165, 1.54) is 0 Å². The molecule has 3 fully saturated rings. The number of aryl methyl sites for hydroxylation is 2. The first kappa shape index (κ1) is 38.1. The molecule has 1 saturated heterocycles. The number of Topliss-reactive ketones (excluding diaryl/α,β-unsaturated/α-hetero) is 1. The summed E-state index contributed by atoms with van der Waals surface area (Å²) in [6, 6.07) is 25.3. The number of hydrogen-bond acceptors (Lipinski definition) is 7. The summed E-state index contributed by atoms with van der Waals surface area (Å²) in [6.07, 6.45) is 9.98. The Morgan fingerprint density at radius 2 is 1.73 bits per heavy atom. The SMILES string of the molecule is Cc1cccc(C[C@H]2CCCCC/C=C\[C@@H]3C[C@@]3(C(=O)NS(=O)(=O)C3CC3)CC(=O)[C@@H]3C[C@@H](Oc4cc(-c5ccccc5)nc5cc(C)ccc45)CN3C2=O)c1. The second-order valence-electron chi connectivity index (χ2n) is 16.6. The molecule has 10 heteroatoms. The molecule has 4 aliphatic rings. The number of amides is 2. The first-order chi connectivity index (χ1) is 27.0. The minimum absolute atomic E-state index is 0.0775. The Morgan fingerprint density at radius 3 is 2.52 bits per heavy atom. The molecule has 292 valence electrons. The number of benzene rings is 3. The van der Waals surface area contributed by atoms with Crippen LogP contribution in [-0.4, -0.2) is 59.8 Å². The Hall–Kier alpha value is -4.83. The predicted octanol–water partition coefficient (Wildman–Crippen LogP) is 7.82. The van der Waals surface area contributed by atoms with Gasteiger partial charge in [0.2, 0.25) is 21.8 Å². The molecule has 0 spiro atoms. The van der Waals surface area contributed by atoms with Crippen LogP contribution >= 0.6 is 0 Å². The van der Waals surface area contributed by atoms with Gasteiger partial charge >= 0.3 is 0 Å². The van der Waals surface area contributed by atoms with Crippen LogP contribution in [0.3, 0.4) is 0 Å². The van der Waals surface area contributed by atoms with E-state index in [4.69, 9.17) is 9.72 Å². The average molecular weight is 774 g/mol. The monoisotopic (exact) mass is 773 g/mol. The smallest absolute Gasteiger partial charge is 0.240 e. The summed E-state index contributed by atoms with van der Waals surface area (Å²) < 4.78 is 35.1. The van der Waals surface area contributed by atoms with E-state index < -0.39 is 38.7 Å². The van der Waals surface area contributed by atoms with Crippen molar-refractivity contribution in [2.24, 2.45) is 17.3 Å². The third-order valence-corrected chi connectivity index (χ3v) is 14.0. The number of hydrogen-bond donors (Lipinski definition) is 1. The molecule has 5 atom stereocenters. The number of sulfonamides is 1.